The first kappa shape index (κ1) is 15.4. The van der Waals surface area contributed by atoms with Crippen molar-refractivity contribution in [3.63, 3.8) is 0 Å². The lowest BCUT2D eigenvalue weighted by Crippen LogP contribution is -2.41. The number of halogens is 4. The van der Waals surface area contributed by atoms with Gasteiger partial charge in [0.05, 0.1) is 10.7 Å². The topological polar surface area (TPSA) is 54.0 Å². The lowest BCUT2D eigenvalue weighted by atomic mass is 10.0. The van der Waals surface area contributed by atoms with Crippen LogP contribution < -0.4 is 10.6 Å². The molecule has 0 aliphatic carbocycles. The predicted molar refractivity (Wildman–Crippen MR) is 88.1 cm³/mol. The number of fused-ring (bicyclic) bond motifs is 1. The molecule has 2 heterocycles. The first-order valence-electron chi connectivity index (χ1n) is 6.31. The van der Waals surface area contributed by atoms with Crippen molar-refractivity contribution in [3.8, 4) is 0 Å². The van der Waals surface area contributed by atoms with Gasteiger partial charge in [-0.05, 0) is 40.8 Å². The monoisotopic (exact) mass is 435 g/mol. The number of rotatable bonds is 2. The molecule has 0 bridgehead atoms. The van der Waals surface area contributed by atoms with E-state index in [-0.39, 0.29) is 22.9 Å². The van der Waals surface area contributed by atoms with E-state index in [1.165, 1.54) is 0 Å². The lowest BCUT2D eigenvalue weighted by Gasteiger charge is -2.26. The van der Waals surface area contributed by atoms with E-state index in [0.717, 1.165) is 15.7 Å². The molecule has 1 aliphatic rings. The Morgan fingerprint density at radius 1 is 1.32 bits per heavy atom. The number of nitrogens with zero attached hydrogens (tertiary/aromatic N) is 1. The van der Waals surface area contributed by atoms with Gasteiger partial charge in [-0.2, -0.15) is 0 Å². The Labute approximate surface area is 143 Å². The zero-order chi connectivity index (χ0) is 15.9. The standard InChI is InChI=1S/C14H9ClF2IN3O/c15-12-7(8(16)1-2-9(12)17)4-11-14(22)21-10-3-6(18)5-19-13(10)20-11/h1-3,5,11H,4H2,(H,19,20)(H,21,22). The summed E-state index contributed by atoms with van der Waals surface area (Å²) < 4.78 is 28.2. The number of pyridine rings is 1. The van der Waals surface area contributed by atoms with Gasteiger partial charge in [-0.1, -0.05) is 11.6 Å². The van der Waals surface area contributed by atoms with Crippen molar-refractivity contribution in [2.45, 2.75) is 12.5 Å². The molecule has 1 atom stereocenters. The summed E-state index contributed by atoms with van der Waals surface area (Å²) in [6.45, 7) is 0. The zero-order valence-corrected chi connectivity index (χ0v) is 13.9. The maximum absolute atomic E-state index is 13.8. The number of hydrogen-bond acceptors (Lipinski definition) is 3. The Morgan fingerprint density at radius 3 is 2.82 bits per heavy atom. The average molecular weight is 436 g/mol. The van der Waals surface area contributed by atoms with Crippen LogP contribution in [0.1, 0.15) is 5.56 Å². The molecule has 22 heavy (non-hydrogen) atoms. The van der Waals surface area contributed by atoms with Crippen molar-refractivity contribution < 1.29 is 13.6 Å². The van der Waals surface area contributed by atoms with Crippen LogP contribution in [0.25, 0.3) is 0 Å². The molecule has 4 nitrogen and oxygen atoms in total. The zero-order valence-electron chi connectivity index (χ0n) is 11.0. The largest absolute Gasteiger partial charge is 0.356 e. The van der Waals surface area contributed by atoms with Crippen LogP contribution >= 0.6 is 34.2 Å². The molecule has 1 amide bonds. The number of anilines is 2. The molecule has 1 aromatic heterocycles. The Hall–Kier alpha value is -1.48. The molecule has 1 aromatic carbocycles. The van der Waals surface area contributed by atoms with E-state index in [1.54, 1.807) is 12.3 Å². The minimum Gasteiger partial charge on any atom is -0.356 e. The van der Waals surface area contributed by atoms with Gasteiger partial charge in [0.25, 0.3) is 0 Å². The number of nitrogens with one attached hydrogen (secondary N) is 2. The molecule has 1 aliphatic heterocycles. The Bertz CT molecular complexity index is 772. The highest BCUT2D eigenvalue weighted by molar-refractivity contribution is 14.1. The van der Waals surface area contributed by atoms with Crippen LogP contribution in [0.3, 0.4) is 0 Å². The molecule has 0 radical (unpaired) electrons. The van der Waals surface area contributed by atoms with E-state index in [1.807, 2.05) is 0 Å². The van der Waals surface area contributed by atoms with Crippen molar-refractivity contribution in [2.75, 3.05) is 10.6 Å². The third kappa shape index (κ3) is 2.87. The normalized spacial score (nSPS) is 16.7. The predicted octanol–water partition coefficient (Wildman–Crippen LogP) is 3.59. The highest BCUT2D eigenvalue weighted by Gasteiger charge is 2.28. The van der Waals surface area contributed by atoms with Crippen LogP contribution in [-0.4, -0.2) is 16.9 Å². The van der Waals surface area contributed by atoms with E-state index in [0.29, 0.717) is 11.5 Å². The fourth-order valence-electron chi connectivity index (χ4n) is 2.20. The fraction of sp³-hybridized carbons (Fsp3) is 0.143. The molecule has 2 aromatic rings. The Kier molecular flexibility index (Phi) is 4.18. The summed E-state index contributed by atoms with van der Waals surface area (Å²) in [4.78, 5) is 16.3. The maximum atomic E-state index is 13.8. The summed E-state index contributed by atoms with van der Waals surface area (Å²) in [5.41, 5.74) is 0.516. The van der Waals surface area contributed by atoms with E-state index in [4.69, 9.17) is 11.6 Å². The highest BCUT2D eigenvalue weighted by atomic mass is 127. The fourth-order valence-corrected chi connectivity index (χ4v) is 2.89. The molecular weight excluding hydrogens is 427 g/mol. The van der Waals surface area contributed by atoms with Gasteiger partial charge in [-0.3, -0.25) is 4.79 Å². The quantitative estimate of drug-likeness (QED) is 0.560. The third-order valence-electron chi connectivity index (χ3n) is 3.29. The summed E-state index contributed by atoms with van der Waals surface area (Å²) in [6.07, 6.45) is 1.55. The van der Waals surface area contributed by atoms with Crippen LogP contribution in [0.5, 0.6) is 0 Å². The van der Waals surface area contributed by atoms with Gasteiger partial charge in [-0.15, -0.1) is 0 Å². The van der Waals surface area contributed by atoms with Crippen LogP contribution in [0.15, 0.2) is 24.4 Å². The van der Waals surface area contributed by atoms with Crippen LogP contribution in [-0.2, 0) is 11.2 Å². The smallest absolute Gasteiger partial charge is 0.247 e. The molecule has 1 unspecified atom stereocenters. The van der Waals surface area contributed by atoms with Crippen molar-refractivity contribution >= 4 is 51.6 Å². The van der Waals surface area contributed by atoms with Gasteiger partial charge in [0.1, 0.15) is 17.7 Å². The van der Waals surface area contributed by atoms with Crippen molar-refractivity contribution in [2.24, 2.45) is 0 Å². The van der Waals surface area contributed by atoms with E-state index in [2.05, 4.69) is 38.2 Å². The van der Waals surface area contributed by atoms with E-state index in [9.17, 15) is 13.6 Å². The summed E-state index contributed by atoms with van der Waals surface area (Å²) in [5.74, 6) is -1.24. The molecule has 114 valence electrons. The van der Waals surface area contributed by atoms with Crippen molar-refractivity contribution in [3.05, 3.63) is 50.2 Å². The van der Waals surface area contributed by atoms with Gasteiger partial charge in [0.2, 0.25) is 5.91 Å². The number of carbonyl (C=O) groups is 1. The second-order valence-corrected chi connectivity index (χ2v) is 6.39. The minimum absolute atomic E-state index is 0.0386. The average Bonchev–Trinajstić information content (AvgIpc) is 2.48. The SMILES string of the molecule is O=C1Nc2cc(I)cnc2NC1Cc1c(F)ccc(F)c1Cl. The van der Waals surface area contributed by atoms with Gasteiger partial charge in [0.15, 0.2) is 5.82 Å². The molecule has 0 spiro atoms. The molecular formula is C14H9ClF2IN3O. The van der Waals surface area contributed by atoms with Crippen molar-refractivity contribution in [1.29, 1.82) is 0 Å². The van der Waals surface area contributed by atoms with Gasteiger partial charge in [-0.25, -0.2) is 13.8 Å². The Balaban J connectivity index is 1.90. The number of carbonyl (C=O) groups excluding carboxylic acids is 1. The molecule has 0 saturated heterocycles. The second-order valence-electron chi connectivity index (χ2n) is 4.76. The van der Waals surface area contributed by atoms with Gasteiger partial charge < -0.3 is 10.6 Å². The summed E-state index contributed by atoms with van der Waals surface area (Å²) in [6, 6.07) is 2.92. The second kappa shape index (κ2) is 5.96. The molecule has 2 N–H and O–H groups in total. The summed E-state index contributed by atoms with van der Waals surface area (Å²) in [7, 11) is 0. The molecule has 3 rings (SSSR count). The van der Waals surface area contributed by atoms with E-state index < -0.39 is 17.7 Å². The first-order chi connectivity index (χ1) is 10.5. The Morgan fingerprint density at radius 2 is 2.05 bits per heavy atom. The van der Waals surface area contributed by atoms with Crippen molar-refractivity contribution in [1.82, 2.24) is 4.98 Å². The summed E-state index contributed by atoms with van der Waals surface area (Å²) in [5, 5.41) is 5.31. The molecule has 0 fully saturated rings. The number of aromatic nitrogens is 1. The molecule has 0 saturated carbocycles. The highest BCUT2D eigenvalue weighted by Crippen LogP contribution is 2.29. The van der Waals surface area contributed by atoms with Gasteiger partial charge >= 0.3 is 0 Å². The lowest BCUT2D eigenvalue weighted by molar-refractivity contribution is -0.117. The maximum Gasteiger partial charge on any atom is 0.247 e. The number of benzene rings is 1. The first-order valence-corrected chi connectivity index (χ1v) is 7.76. The summed E-state index contributed by atoms with van der Waals surface area (Å²) >= 11 is 7.87. The minimum atomic E-state index is -0.783. The van der Waals surface area contributed by atoms with Crippen LogP contribution in [0.2, 0.25) is 5.02 Å². The van der Waals surface area contributed by atoms with Crippen LogP contribution in [0, 0.1) is 15.2 Å². The number of amides is 1. The van der Waals surface area contributed by atoms with Crippen LogP contribution in [0.4, 0.5) is 20.3 Å². The van der Waals surface area contributed by atoms with Gasteiger partial charge in [0, 0.05) is 21.8 Å². The number of hydrogen-bond donors (Lipinski definition) is 2. The van der Waals surface area contributed by atoms with E-state index >= 15 is 0 Å². The molecule has 8 heteroatoms. The third-order valence-corrected chi connectivity index (χ3v) is 4.29.